The Kier molecular flexibility index (Phi) is 10.5. The predicted molar refractivity (Wildman–Crippen MR) is 123 cm³/mol. The van der Waals surface area contributed by atoms with Crippen LogP contribution in [-0.2, 0) is 13.1 Å². The molecule has 148 valence electrons. The molecule has 27 heavy (non-hydrogen) atoms. The van der Waals surface area contributed by atoms with E-state index in [0.717, 1.165) is 36.2 Å². The molecule has 0 bridgehead atoms. The minimum Gasteiger partial charge on any atom is -0.497 e. The fourth-order valence-electron chi connectivity index (χ4n) is 2.59. The molecule has 0 saturated carbocycles. The summed E-state index contributed by atoms with van der Waals surface area (Å²) in [6.45, 7) is 7.57. The lowest BCUT2D eigenvalue weighted by Crippen LogP contribution is -2.36. The molecule has 2 aromatic rings. The topological polar surface area (TPSA) is 61.8 Å². The summed E-state index contributed by atoms with van der Waals surface area (Å²) >= 11 is 0. The Labute approximate surface area is 179 Å². The lowest BCUT2D eigenvalue weighted by atomic mass is 10.2. The Morgan fingerprint density at radius 2 is 1.59 bits per heavy atom. The number of nitrogens with zero attached hydrogens (tertiary/aromatic N) is 3. The molecule has 2 rings (SSSR count). The number of benzene rings is 1. The number of hydrogen-bond donors (Lipinski definition) is 2. The van der Waals surface area contributed by atoms with Crippen LogP contribution in [0, 0.1) is 0 Å². The first kappa shape index (κ1) is 23.0. The first-order chi connectivity index (χ1) is 12.7. The highest BCUT2D eigenvalue weighted by Crippen LogP contribution is 2.11. The van der Waals surface area contributed by atoms with E-state index in [2.05, 4.69) is 51.5 Å². The Hall–Kier alpha value is -2.03. The van der Waals surface area contributed by atoms with Crippen LogP contribution in [0.15, 0.2) is 47.6 Å². The number of methoxy groups -OCH3 is 1. The third-order valence-electron chi connectivity index (χ3n) is 4.20. The molecule has 6 nitrogen and oxygen atoms in total. The van der Waals surface area contributed by atoms with E-state index in [4.69, 9.17) is 4.74 Å². The van der Waals surface area contributed by atoms with Gasteiger partial charge in [-0.25, -0.2) is 4.98 Å². The molecule has 0 aliphatic rings. The molecule has 0 spiro atoms. The van der Waals surface area contributed by atoms with Crippen molar-refractivity contribution in [3.05, 3.63) is 53.7 Å². The number of hydrogen-bond acceptors (Lipinski definition) is 4. The zero-order chi connectivity index (χ0) is 18.8. The molecule has 0 radical (unpaired) electrons. The van der Waals surface area contributed by atoms with Gasteiger partial charge in [-0.3, -0.25) is 4.99 Å². The van der Waals surface area contributed by atoms with Crippen LogP contribution in [0.4, 0.5) is 5.82 Å². The molecule has 0 aliphatic carbocycles. The van der Waals surface area contributed by atoms with Crippen LogP contribution in [0.1, 0.15) is 25.0 Å². The van der Waals surface area contributed by atoms with Crippen LogP contribution in [0.5, 0.6) is 5.75 Å². The number of aliphatic imine (C=N–C) groups is 1. The molecular weight excluding hydrogens is 453 g/mol. The van der Waals surface area contributed by atoms with Gasteiger partial charge in [-0.15, -0.1) is 24.0 Å². The second-order valence-electron chi connectivity index (χ2n) is 5.82. The minimum absolute atomic E-state index is 0. The van der Waals surface area contributed by atoms with E-state index in [0.29, 0.717) is 13.1 Å². The Morgan fingerprint density at radius 3 is 2.07 bits per heavy atom. The van der Waals surface area contributed by atoms with Crippen molar-refractivity contribution in [1.29, 1.82) is 0 Å². The van der Waals surface area contributed by atoms with Crippen molar-refractivity contribution in [2.24, 2.45) is 4.99 Å². The first-order valence-electron chi connectivity index (χ1n) is 8.97. The maximum Gasteiger partial charge on any atom is 0.191 e. The molecule has 0 amide bonds. The number of ether oxygens (including phenoxy) is 1. The molecule has 0 fully saturated rings. The lowest BCUT2D eigenvalue weighted by Gasteiger charge is -2.19. The van der Waals surface area contributed by atoms with E-state index in [1.807, 2.05) is 30.5 Å². The van der Waals surface area contributed by atoms with Gasteiger partial charge in [-0.05, 0) is 43.2 Å². The van der Waals surface area contributed by atoms with E-state index in [-0.39, 0.29) is 24.0 Å². The maximum atomic E-state index is 5.18. The summed E-state index contributed by atoms with van der Waals surface area (Å²) in [7, 11) is 3.44. The highest BCUT2D eigenvalue weighted by Gasteiger charge is 2.04. The standard InChI is InChI=1S/C20H29N5O.HI/c1-5-25(6-2)19-12-9-17(14-22-19)15-24-20(21-3)23-13-16-7-10-18(26-4)11-8-16;/h7-12,14H,5-6,13,15H2,1-4H3,(H2,21,23,24);1H. The SMILES string of the molecule is CCN(CC)c1ccc(CNC(=NC)NCc2ccc(OC)cc2)cn1.I. The lowest BCUT2D eigenvalue weighted by molar-refractivity contribution is 0.414. The summed E-state index contributed by atoms with van der Waals surface area (Å²) in [6.07, 6.45) is 1.91. The van der Waals surface area contributed by atoms with Gasteiger partial charge in [0.2, 0.25) is 0 Å². The zero-order valence-electron chi connectivity index (χ0n) is 16.5. The molecule has 0 saturated heterocycles. The molecule has 0 unspecified atom stereocenters. The van der Waals surface area contributed by atoms with Gasteiger partial charge in [0.25, 0.3) is 0 Å². The fraction of sp³-hybridized carbons (Fsp3) is 0.400. The van der Waals surface area contributed by atoms with Crippen molar-refractivity contribution in [3.63, 3.8) is 0 Å². The van der Waals surface area contributed by atoms with Crippen molar-refractivity contribution < 1.29 is 4.74 Å². The average molecular weight is 483 g/mol. The van der Waals surface area contributed by atoms with Crippen LogP contribution in [-0.4, -0.2) is 38.2 Å². The summed E-state index contributed by atoms with van der Waals surface area (Å²) < 4.78 is 5.18. The van der Waals surface area contributed by atoms with E-state index in [9.17, 15) is 0 Å². The van der Waals surface area contributed by atoms with Gasteiger partial charge in [-0.1, -0.05) is 18.2 Å². The molecule has 2 N–H and O–H groups in total. The predicted octanol–water partition coefficient (Wildman–Crippen LogP) is 3.42. The van der Waals surface area contributed by atoms with E-state index >= 15 is 0 Å². The van der Waals surface area contributed by atoms with Gasteiger partial charge in [0, 0.05) is 39.4 Å². The number of nitrogens with one attached hydrogen (secondary N) is 2. The number of halogens is 1. The van der Waals surface area contributed by atoms with Crippen molar-refractivity contribution in [3.8, 4) is 5.75 Å². The van der Waals surface area contributed by atoms with E-state index in [1.54, 1.807) is 14.2 Å². The number of anilines is 1. The molecular formula is C20H30IN5O. The molecule has 0 atom stereocenters. The summed E-state index contributed by atoms with van der Waals surface area (Å²) in [6, 6.07) is 12.2. The third kappa shape index (κ3) is 7.24. The minimum atomic E-state index is 0. The van der Waals surface area contributed by atoms with Crippen molar-refractivity contribution in [2.45, 2.75) is 26.9 Å². The first-order valence-corrected chi connectivity index (χ1v) is 8.97. The molecule has 7 heteroatoms. The Morgan fingerprint density at radius 1 is 1.00 bits per heavy atom. The average Bonchev–Trinajstić information content (AvgIpc) is 2.70. The molecule has 1 aromatic carbocycles. The smallest absolute Gasteiger partial charge is 0.191 e. The summed E-state index contributed by atoms with van der Waals surface area (Å²) in [5.41, 5.74) is 2.28. The second kappa shape index (κ2) is 12.4. The second-order valence-corrected chi connectivity index (χ2v) is 5.82. The number of pyridine rings is 1. The van der Waals surface area contributed by atoms with Crippen LogP contribution in [0.3, 0.4) is 0 Å². The molecule has 0 aliphatic heterocycles. The zero-order valence-corrected chi connectivity index (χ0v) is 18.9. The van der Waals surface area contributed by atoms with Crippen molar-refractivity contribution in [2.75, 3.05) is 32.1 Å². The van der Waals surface area contributed by atoms with Crippen molar-refractivity contribution in [1.82, 2.24) is 15.6 Å². The van der Waals surface area contributed by atoms with Gasteiger partial charge in [0.05, 0.1) is 7.11 Å². The van der Waals surface area contributed by atoms with Gasteiger partial charge in [0.1, 0.15) is 11.6 Å². The molecule has 1 heterocycles. The normalized spacial score (nSPS) is 10.7. The summed E-state index contributed by atoms with van der Waals surface area (Å²) in [5.74, 6) is 2.63. The van der Waals surface area contributed by atoms with E-state index < -0.39 is 0 Å². The third-order valence-corrected chi connectivity index (χ3v) is 4.20. The quantitative estimate of drug-likeness (QED) is 0.343. The number of rotatable bonds is 8. The number of guanidine groups is 1. The highest BCUT2D eigenvalue weighted by molar-refractivity contribution is 14.0. The van der Waals surface area contributed by atoms with Crippen molar-refractivity contribution >= 4 is 35.8 Å². The highest BCUT2D eigenvalue weighted by atomic mass is 127. The monoisotopic (exact) mass is 483 g/mol. The summed E-state index contributed by atoms with van der Waals surface area (Å²) in [4.78, 5) is 11.0. The van der Waals surface area contributed by atoms with Gasteiger partial charge in [0.15, 0.2) is 5.96 Å². The van der Waals surface area contributed by atoms with Gasteiger partial charge >= 0.3 is 0 Å². The van der Waals surface area contributed by atoms with Crippen LogP contribution in [0.25, 0.3) is 0 Å². The van der Waals surface area contributed by atoms with Crippen LogP contribution < -0.4 is 20.3 Å². The van der Waals surface area contributed by atoms with Gasteiger partial charge < -0.3 is 20.3 Å². The molecule has 1 aromatic heterocycles. The van der Waals surface area contributed by atoms with Crippen LogP contribution >= 0.6 is 24.0 Å². The fourth-order valence-corrected chi connectivity index (χ4v) is 2.59. The largest absolute Gasteiger partial charge is 0.497 e. The Bertz CT molecular complexity index is 685. The summed E-state index contributed by atoms with van der Waals surface area (Å²) in [5, 5.41) is 6.63. The van der Waals surface area contributed by atoms with Gasteiger partial charge in [-0.2, -0.15) is 0 Å². The maximum absolute atomic E-state index is 5.18. The van der Waals surface area contributed by atoms with E-state index in [1.165, 1.54) is 5.56 Å². The Balaban J connectivity index is 0.00000364. The van der Waals surface area contributed by atoms with Crippen LogP contribution in [0.2, 0.25) is 0 Å². The number of aromatic nitrogens is 1.